The number of aliphatic hydroxyl groups excluding tert-OH is 1. The summed E-state index contributed by atoms with van der Waals surface area (Å²) >= 11 is 0. The van der Waals surface area contributed by atoms with Gasteiger partial charge in [0.2, 0.25) is 0 Å². The Morgan fingerprint density at radius 2 is 1.80 bits per heavy atom. The van der Waals surface area contributed by atoms with Crippen molar-refractivity contribution >= 4 is 0 Å². The van der Waals surface area contributed by atoms with Crippen LogP contribution in [0.1, 0.15) is 52.4 Å². The predicted octanol–water partition coefficient (Wildman–Crippen LogP) is 2.10. The Morgan fingerprint density at radius 3 is 2.45 bits per heavy atom. The highest BCUT2D eigenvalue weighted by molar-refractivity contribution is 4.86. The summed E-state index contributed by atoms with van der Waals surface area (Å²) in [6.45, 7) is 6.24. The molecule has 1 atom stereocenters. The van der Waals surface area contributed by atoms with Gasteiger partial charge in [-0.25, -0.2) is 0 Å². The molecular weight excluding hydrogens is 254 g/mol. The van der Waals surface area contributed by atoms with Crippen molar-refractivity contribution in [2.75, 3.05) is 19.8 Å². The van der Waals surface area contributed by atoms with E-state index in [-0.39, 0.29) is 6.10 Å². The van der Waals surface area contributed by atoms with Crippen LogP contribution in [0.3, 0.4) is 0 Å². The van der Waals surface area contributed by atoms with Crippen molar-refractivity contribution in [3.05, 3.63) is 0 Å². The molecule has 2 rings (SSSR count). The molecule has 2 saturated carbocycles. The molecule has 0 aromatic rings. The molecule has 0 aromatic carbocycles. The van der Waals surface area contributed by atoms with E-state index < -0.39 is 0 Å². The van der Waals surface area contributed by atoms with Crippen LogP contribution in [-0.2, 0) is 9.47 Å². The average molecular weight is 285 g/mol. The average Bonchev–Trinajstić information content (AvgIpc) is 2.40. The Balaban J connectivity index is 1.48. The van der Waals surface area contributed by atoms with Gasteiger partial charge in [-0.15, -0.1) is 0 Å². The van der Waals surface area contributed by atoms with Crippen molar-refractivity contribution in [2.24, 2.45) is 5.92 Å². The van der Waals surface area contributed by atoms with Crippen molar-refractivity contribution in [1.29, 1.82) is 0 Å². The molecule has 4 nitrogen and oxygen atoms in total. The number of hydrogen-bond donors (Lipinski definition) is 2. The van der Waals surface area contributed by atoms with Gasteiger partial charge >= 0.3 is 0 Å². The standard InChI is InChI=1S/C16H31NO3/c1-3-19-16-8-13(9-16)17-10-14(18)11-20-15-6-4-12(2)5-7-15/h12-18H,3-11H2,1-2H3. The second-order valence-corrected chi connectivity index (χ2v) is 6.52. The molecule has 0 bridgehead atoms. The molecule has 0 aromatic heterocycles. The summed E-state index contributed by atoms with van der Waals surface area (Å²) in [5, 5.41) is 13.3. The van der Waals surface area contributed by atoms with Crippen LogP contribution >= 0.6 is 0 Å². The van der Waals surface area contributed by atoms with Crippen molar-refractivity contribution in [2.45, 2.75) is 76.7 Å². The molecule has 0 spiro atoms. The number of ether oxygens (including phenoxy) is 2. The Kier molecular flexibility index (Phi) is 6.75. The minimum absolute atomic E-state index is 0.367. The number of aliphatic hydroxyl groups is 1. The van der Waals surface area contributed by atoms with Crippen molar-refractivity contribution < 1.29 is 14.6 Å². The largest absolute Gasteiger partial charge is 0.389 e. The quantitative estimate of drug-likeness (QED) is 0.717. The van der Waals surface area contributed by atoms with Crippen LogP contribution < -0.4 is 5.32 Å². The molecule has 20 heavy (non-hydrogen) atoms. The van der Waals surface area contributed by atoms with Crippen LogP contribution in [0.2, 0.25) is 0 Å². The number of rotatable bonds is 8. The first kappa shape index (κ1) is 16.2. The van der Waals surface area contributed by atoms with Crippen LogP contribution in [-0.4, -0.2) is 49.2 Å². The normalized spacial score (nSPS) is 35.5. The zero-order chi connectivity index (χ0) is 14.4. The lowest BCUT2D eigenvalue weighted by Gasteiger charge is -2.36. The van der Waals surface area contributed by atoms with Gasteiger partial charge in [0.15, 0.2) is 0 Å². The summed E-state index contributed by atoms with van der Waals surface area (Å²) in [4.78, 5) is 0. The molecule has 0 radical (unpaired) electrons. The van der Waals surface area contributed by atoms with Gasteiger partial charge in [0.05, 0.1) is 24.9 Å². The van der Waals surface area contributed by atoms with Crippen molar-refractivity contribution in [3.8, 4) is 0 Å². The maximum Gasteiger partial charge on any atom is 0.0897 e. The van der Waals surface area contributed by atoms with E-state index in [1.807, 2.05) is 6.92 Å². The first-order valence-corrected chi connectivity index (χ1v) is 8.32. The smallest absolute Gasteiger partial charge is 0.0897 e. The van der Waals surface area contributed by atoms with Gasteiger partial charge in [-0.2, -0.15) is 0 Å². The van der Waals surface area contributed by atoms with Gasteiger partial charge in [0, 0.05) is 19.2 Å². The highest BCUT2D eigenvalue weighted by Gasteiger charge is 2.29. The topological polar surface area (TPSA) is 50.7 Å². The summed E-state index contributed by atoms with van der Waals surface area (Å²) in [5.41, 5.74) is 0. The third kappa shape index (κ3) is 5.32. The van der Waals surface area contributed by atoms with Crippen molar-refractivity contribution in [1.82, 2.24) is 5.32 Å². The Labute approximate surface area is 123 Å². The SMILES string of the molecule is CCOC1CC(NCC(O)COC2CCC(C)CC2)C1. The molecule has 118 valence electrons. The maximum atomic E-state index is 9.95. The molecule has 0 heterocycles. The lowest BCUT2D eigenvalue weighted by atomic mass is 9.89. The molecular formula is C16H31NO3. The summed E-state index contributed by atoms with van der Waals surface area (Å²) in [6.07, 6.45) is 7.38. The van der Waals surface area contributed by atoms with E-state index in [2.05, 4.69) is 12.2 Å². The van der Waals surface area contributed by atoms with Gasteiger partial charge in [-0.05, 0) is 51.4 Å². The zero-order valence-electron chi connectivity index (χ0n) is 13.0. The number of hydrogen-bond acceptors (Lipinski definition) is 4. The van der Waals surface area contributed by atoms with Crippen LogP contribution in [0.5, 0.6) is 0 Å². The van der Waals surface area contributed by atoms with E-state index in [0.29, 0.717) is 31.4 Å². The summed E-state index contributed by atoms with van der Waals surface area (Å²) in [7, 11) is 0. The van der Waals surface area contributed by atoms with Crippen LogP contribution in [0.4, 0.5) is 0 Å². The van der Waals surface area contributed by atoms with Crippen LogP contribution in [0.15, 0.2) is 0 Å². The molecule has 0 aliphatic heterocycles. The predicted molar refractivity (Wildman–Crippen MR) is 79.8 cm³/mol. The van der Waals surface area contributed by atoms with Crippen molar-refractivity contribution in [3.63, 3.8) is 0 Å². The monoisotopic (exact) mass is 285 g/mol. The zero-order valence-corrected chi connectivity index (χ0v) is 13.0. The van der Waals surface area contributed by atoms with Crippen LogP contribution in [0, 0.1) is 5.92 Å². The Hall–Kier alpha value is -0.160. The summed E-state index contributed by atoms with van der Waals surface area (Å²) < 4.78 is 11.3. The van der Waals surface area contributed by atoms with E-state index >= 15 is 0 Å². The van der Waals surface area contributed by atoms with E-state index in [1.165, 1.54) is 12.8 Å². The Morgan fingerprint density at radius 1 is 1.10 bits per heavy atom. The van der Waals surface area contributed by atoms with Crippen LogP contribution in [0.25, 0.3) is 0 Å². The molecule has 2 aliphatic carbocycles. The number of nitrogens with one attached hydrogen (secondary N) is 1. The van der Waals surface area contributed by atoms with E-state index in [9.17, 15) is 5.11 Å². The van der Waals surface area contributed by atoms with Gasteiger partial charge in [-0.1, -0.05) is 6.92 Å². The summed E-state index contributed by atoms with van der Waals surface area (Å²) in [6, 6.07) is 0.511. The lowest BCUT2D eigenvalue weighted by Crippen LogP contribution is -2.48. The molecule has 2 fully saturated rings. The first-order chi connectivity index (χ1) is 9.67. The fraction of sp³-hybridized carbons (Fsp3) is 1.00. The third-order valence-electron chi connectivity index (χ3n) is 4.63. The molecule has 0 saturated heterocycles. The first-order valence-electron chi connectivity index (χ1n) is 8.32. The van der Waals surface area contributed by atoms with Gasteiger partial charge in [0.1, 0.15) is 0 Å². The minimum atomic E-state index is -0.388. The molecule has 1 unspecified atom stereocenters. The summed E-state index contributed by atoms with van der Waals surface area (Å²) in [5.74, 6) is 0.846. The minimum Gasteiger partial charge on any atom is -0.389 e. The highest BCUT2D eigenvalue weighted by atomic mass is 16.5. The third-order valence-corrected chi connectivity index (χ3v) is 4.63. The molecule has 2 aliphatic rings. The van der Waals surface area contributed by atoms with Gasteiger partial charge in [0.25, 0.3) is 0 Å². The molecule has 0 amide bonds. The fourth-order valence-corrected chi connectivity index (χ4v) is 3.11. The van der Waals surface area contributed by atoms with E-state index in [1.54, 1.807) is 0 Å². The van der Waals surface area contributed by atoms with Gasteiger partial charge < -0.3 is 19.9 Å². The second kappa shape index (κ2) is 8.32. The second-order valence-electron chi connectivity index (χ2n) is 6.52. The Bertz CT molecular complexity index is 260. The molecule has 4 heteroatoms. The fourth-order valence-electron chi connectivity index (χ4n) is 3.11. The van der Waals surface area contributed by atoms with E-state index in [4.69, 9.17) is 9.47 Å². The lowest BCUT2D eigenvalue weighted by molar-refractivity contribution is -0.0359. The van der Waals surface area contributed by atoms with E-state index in [0.717, 1.165) is 38.2 Å². The van der Waals surface area contributed by atoms with Gasteiger partial charge in [-0.3, -0.25) is 0 Å². The highest BCUT2D eigenvalue weighted by Crippen LogP contribution is 2.25. The maximum absolute atomic E-state index is 9.95. The molecule has 2 N–H and O–H groups in total.